The second kappa shape index (κ2) is 5.28. The standard InChI is InChI=1S/C13H9IN4O3/c1-7-16-17-11-12(15-4-5-18(7)11)21-10-3-2-8(14)6-9(10)13(19)20/h2-6H,1H3,(H,19,20). The van der Waals surface area contributed by atoms with Crippen molar-refractivity contribution in [3.63, 3.8) is 0 Å². The zero-order valence-electron chi connectivity index (χ0n) is 10.8. The summed E-state index contributed by atoms with van der Waals surface area (Å²) in [6.45, 7) is 1.80. The maximum atomic E-state index is 11.3. The van der Waals surface area contributed by atoms with Crippen molar-refractivity contribution in [2.24, 2.45) is 0 Å². The van der Waals surface area contributed by atoms with Crippen molar-refractivity contribution in [1.29, 1.82) is 0 Å². The van der Waals surface area contributed by atoms with Gasteiger partial charge in [-0.1, -0.05) is 0 Å². The molecule has 2 heterocycles. The molecule has 0 aliphatic heterocycles. The van der Waals surface area contributed by atoms with E-state index in [0.29, 0.717) is 11.5 Å². The summed E-state index contributed by atoms with van der Waals surface area (Å²) in [5.41, 5.74) is 0.506. The number of carboxylic acid groups (broad SMARTS) is 1. The molecule has 0 aliphatic carbocycles. The fourth-order valence-electron chi connectivity index (χ4n) is 1.85. The van der Waals surface area contributed by atoms with Gasteiger partial charge in [-0.05, 0) is 47.7 Å². The van der Waals surface area contributed by atoms with Crippen LogP contribution in [0.5, 0.6) is 11.6 Å². The number of hydrogen-bond donors (Lipinski definition) is 1. The Hall–Kier alpha value is -2.23. The van der Waals surface area contributed by atoms with Gasteiger partial charge in [-0.3, -0.25) is 4.40 Å². The number of aromatic nitrogens is 4. The minimum absolute atomic E-state index is 0.0712. The summed E-state index contributed by atoms with van der Waals surface area (Å²) in [6.07, 6.45) is 3.26. The number of aromatic carboxylic acids is 1. The van der Waals surface area contributed by atoms with Crippen molar-refractivity contribution < 1.29 is 14.6 Å². The zero-order valence-corrected chi connectivity index (χ0v) is 13.0. The van der Waals surface area contributed by atoms with Crippen LogP contribution in [0.2, 0.25) is 0 Å². The molecule has 8 heteroatoms. The van der Waals surface area contributed by atoms with Crippen LogP contribution in [0.1, 0.15) is 16.2 Å². The fraction of sp³-hybridized carbons (Fsp3) is 0.0769. The molecule has 0 bridgehead atoms. The Balaban J connectivity index is 2.09. The molecule has 0 atom stereocenters. The van der Waals surface area contributed by atoms with Gasteiger partial charge in [-0.2, -0.15) is 0 Å². The van der Waals surface area contributed by atoms with E-state index < -0.39 is 5.97 Å². The Kier molecular flexibility index (Phi) is 3.45. The lowest BCUT2D eigenvalue weighted by Crippen LogP contribution is -2.02. The number of halogens is 1. The largest absolute Gasteiger partial charge is 0.478 e. The minimum atomic E-state index is -1.06. The highest BCUT2D eigenvalue weighted by Crippen LogP contribution is 2.27. The second-order valence-electron chi connectivity index (χ2n) is 4.22. The minimum Gasteiger partial charge on any atom is -0.478 e. The molecule has 3 rings (SSSR count). The van der Waals surface area contributed by atoms with Gasteiger partial charge in [0.25, 0.3) is 5.88 Å². The van der Waals surface area contributed by atoms with E-state index in [-0.39, 0.29) is 17.2 Å². The molecule has 106 valence electrons. The molecule has 1 N–H and O–H groups in total. The monoisotopic (exact) mass is 396 g/mol. The Morgan fingerprint density at radius 3 is 2.95 bits per heavy atom. The van der Waals surface area contributed by atoms with Gasteiger partial charge in [-0.15, -0.1) is 10.2 Å². The lowest BCUT2D eigenvalue weighted by atomic mass is 10.2. The van der Waals surface area contributed by atoms with Crippen molar-refractivity contribution in [1.82, 2.24) is 19.6 Å². The van der Waals surface area contributed by atoms with Crippen LogP contribution in [0, 0.1) is 10.5 Å². The molecule has 0 amide bonds. The lowest BCUT2D eigenvalue weighted by Gasteiger charge is -2.08. The van der Waals surface area contributed by atoms with Gasteiger partial charge in [0.05, 0.1) is 0 Å². The van der Waals surface area contributed by atoms with Crippen LogP contribution in [0.3, 0.4) is 0 Å². The SMILES string of the molecule is Cc1nnc2c(Oc3ccc(I)cc3C(=O)O)nccn12. The van der Waals surface area contributed by atoms with Crippen molar-refractivity contribution in [2.75, 3.05) is 0 Å². The number of hydrogen-bond acceptors (Lipinski definition) is 5. The van der Waals surface area contributed by atoms with Crippen LogP contribution >= 0.6 is 22.6 Å². The number of ether oxygens (including phenoxy) is 1. The van der Waals surface area contributed by atoms with Gasteiger partial charge in [0.15, 0.2) is 0 Å². The smallest absolute Gasteiger partial charge is 0.339 e. The summed E-state index contributed by atoms with van der Waals surface area (Å²) in [5, 5.41) is 17.2. The van der Waals surface area contributed by atoms with Crippen LogP contribution in [0.15, 0.2) is 30.6 Å². The third-order valence-corrected chi connectivity index (χ3v) is 3.51. The zero-order chi connectivity index (χ0) is 15.0. The average Bonchev–Trinajstić information content (AvgIpc) is 2.83. The predicted octanol–water partition coefficient (Wildman–Crippen LogP) is 2.53. The summed E-state index contributed by atoms with van der Waals surface area (Å²) in [4.78, 5) is 15.4. The number of nitrogens with zero attached hydrogens (tertiary/aromatic N) is 4. The molecule has 0 aliphatic rings. The maximum absolute atomic E-state index is 11.3. The lowest BCUT2D eigenvalue weighted by molar-refractivity contribution is 0.0694. The molecule has 0 unspecified atom stereocenters. The van der Waals surface area contributed by atoms with Gasteiger partial charge in [0.1, 0.15) is 17.1 Å². The van der Waals surface area contributed by atoms with E-state index in [2.05, 4.69) is 15.2 Å². The maximum Gasteiger partial charge on any atom is 0.339 e. The second-order valence-corrected chi connectivity index (χ2v) is 5.47. The topological polar surface area (TPSA) is 89.6 Å². The van der Waals surface area contributed by atoms with Crippen LogP contribution in [-0.2, 0) is 0 Å². The summed E-state index contributed by atoms with van der Waals surface area (Å²) < 4.78 is 8.16. The molecular formula is C13H9IN4O3. The van der Waals surface area contributed by atoms with Crippen LogP contribution in [0.25, 0.3) is 5.65 Å². The first-order chi connectivity index (χ1) is 10.1. The number of carboxylic acids is 1. The number of fused-ring (bicyclic) bond motifs is 1. The first-order valence-corrected chi connectivity index (χ1v) is 7.01. The molecule has 0 saturated heterocycles. The highest BCUT2D eigenvalue weighted by Gasteiger charge is 2.16. The molecule has 3 aromatic rings. The first kappa shape index (κ1) is 13.7. The van der Waals surface area contributed by atoms with Gasteiger partial charge in [-0.25, -0.2) is 9.78 Å². The first-order valence-electron chi connectivity index (χ1n) is 5.93. The number of aryl methyl sites for hydroxylation is 1. The molecule has 7 nitrogen and oxygen atoms in total. The van der Waals surface area contributed by atoms with Gasteiger partial charge < -0.3 is 9.84 Å². The molecule has 21 heavy (non-hydrogen) atoms. The van der Waals surface area contributed by atoms with E-state index >= 15 is 0 Å². The van der Waals surface area contributed by atoms with Crippen molar-refractivity contribution in [2.45, 2.75) is 6.92 Å². The normalized spacial score (nSPS) is 10.8. The highest BCUT2D eigenvalue weighted by atomic mass is 127. The van der Waals surface area contributed by atoms with Crippen LogP contribution in [-0.4, -0.2) is 30.7 Å². The fourth-order valence-corrected chi connectivity index (χ4v) is 2.34. The Morgan fingerprint density at radius 2 is 2.19 bits per heavy atom. The summed E-state index contributed by atoms with van der Waals surface area (Å²) in [7, 11) is 0. The number of carbonyl (C=O) groups is 1. The van der Waals surface area contributed by atoms with Crippen LogP contribution < -0.4 is 4.74 Å². The summed E-state index contributed by atoms with van der Waals surface area (Å²) in [5.74, 6) is 0.0532. The molecular weight excluding hydrogens is 387 g/mol. The van der Waals surface area contributed by atoms with Crippen molar-refractivity contribution in [3.8, 4) is 11.6 Å². The van der Waals surface area contributed by atoms with E-state index in [1.165, 1.54) is 6.07 Å². The number of rotatable bonds is 3. The Bertz CT molecular complexity index is 847. The summed E-state index contributed by atoms with van der Waals surface area (Å²) >= 11 is 2.04. The third kappa shape index (κ3) is 2.53. The average molecular weight is 396 g/mol. The molecule has 1 aromatic carbocycles. The van der Waals surface area contributed by atoms with E-state index in [1.807, 2.05) is 22.6 Å². The Labute approximate surface area is 132 Å². The molecule has 0 radical (unpaired) electrons. The number of benzene rings is 1. The highest BCUT2D eigenvalue weighted by molar-refractivity contribution is 14.1. The molecule has 2 aromatic heterocycles. The third-order valence-electron chi connectivity index (χ3n) is 2.84. The predicted molar refractivity (Wildman–Crippen MR) is 81.7 cm³/mol. The van der Waals surface area contributed by atoms with E-state index in [9.17, 15) is 9.90 Å². The van der Waals surface area contributed by atoms with Crippen LogP contribution in [0.4, 0.5) is 0 Å². The Morgan fingerprint density at radius 1 is 1.38 bits per heavy atom. The van der Waals surface area contributed by atoms with E-state index in [1.54, 1.807) is 35.9 Å². The summed E-state index contributed by atoms with van der Waals surface area (Å²) in [6, 6.07) is 4.89. The molecule has 0 fully saturated rings. The van der Waals surface area contributed by atoms with Crippen molar-refractivity contribution >= 4 is 34.2 Å². The molecule has 0 spiro atoms. The van der Waals surface area contributed by atoms with Gasteiger partial charge >= 0.3 is 5.97 Å². The molecule has 0 saturated carbocycles. The van der Waals surface area contributed by atoms with E-state index in [4.69, 9.17) is 4.74 Å². The van der Waals surface area contributed by atoms with E-state index in [0.717, 1.165) is 3.57 Å². The van der Waals surface area contributed by atoms with Crippen molar-refractivity contribution in [3.05, 3.63) is 45.6 Å². The quantitative estimate of drug-likeness (QED) is 0.685. The van der Waals surface area contributed by atoms with Gasteiger partial charge in [0, 0.05) is 16.0 Å². The van der Waals surface area contributed by atoms with Gasteiger partial charge in [0.2, 0.25) is 5.65 Å².